The molecule has 0 spiro atoms. The monoisotopic (exact) mass is 391 g/mol. The average molecular weight is 392 g/mol. The second kappa shape index (κ2) is 8.29. The molecule has 4 rings (SSSR count). The van der Waals surface area contributed by atoms with E-state index in [9.17, 15) is 4.79 Å². The van der Waals surface area contributed by atoms with Gasteiger partial charge in [0.15, 0.2) is 0 Å². The summed E-state index contributed by atoms with van der Waals surface area (Å²) < 4.78 is 5.61. The molecule has 0 unspecified atom stereocenters. The van der Waals surface area contributed by atoms with Gasteiger partial charge < -0.3 is 19.5 Å². The number of aryl methyl sites for hydroxylation is 2. The van der Waals surface area contributed by atoms with Crippen LogP contribution in [0.3, 0.4) is 0 Å². The molecule has 1 aromatic heterocycles. The van der Waals surface area contributed by atoms with E-state index in [1.165, 1.54) is 11.3 Å². The van der Waals surface area contributed by atoms with Crippen molar-refractivity contribution in [2.75, 3.05) is 42.9 Å². The summed E-state index contributed by atoms with van der Waals surface area (Å²) in [7, 11) is 0. The van der Waals surface area contributed by atoms with E-state index in [1.54, 1.807) is 6.26 Å². The molecule has 3 aromatic rings. The first-order chi connectivity index (χ1) is 14.0. The van der Waals surface area contributed by atoms with E-state index in [0.717, 1.165) is 60.5 Å². The van der Waals surface area contributed by atoms with E-state index < -0.39 is 0 Å². The summed E-state index contributed by atoms with van der Waals surface area (Å²) in [6.45, 7) is 11.8. The van der Waals surface area contributed by atoms with Crippen LogP contribution in [0.2, 0.25) is 0 Å². The number of nitrogens with one attached hydrogen (secondary N) is 1. The summed E-state index contributed by atoms with van der Waals surface area (Å²) in [6, 6.07) is 12.3. The lowest BCUT2D eigenvalue weighted by Crippen LogP contribution is -2.46. The van der Waals surface area contributed by atoms with Gasteiger partial charge in [0.05, 0.1) is 12.7 Å². The van der Waals surface area contributed by atoms with Crippen LogP contribution in [0.25, 0.3) is 11.0 Å². The summed E-state index contributed by atoms with van der Waals surface area (Å²) in [5.74, 6) is -0.0306. The number of rotatable bonds is 5. The van der Waals surface area contributed by atoms with Crippen molar-refractivity contribution >= 4 is 28.3 Å². The van der Waals surface area contributed by atoms with Crippen molar-refractivity contribution in [1.82, 2.24) is 4.90 Å². The maximum absolute atomic E-state index is 12.6. The number of carbonyl (C=O) groups is 1. The van der Waals surface area contributed by atoms with Crippen LogP contribution in [0.5, 0.6) is 0 Å². The number of nitrogens with zero attached hydrogens (tertiary/aromatic N) is 2. The zero-order valence-electron chi connectivity index (χ0n) is 17.5. The van der Waals surface area contributed by atoms with Gasteiger partial charge in [-0.05, 0) is 55.8 Å². The number of carbonyl (C=O) groups excluding carboxylic acids is 1. The van der Waals surface area contributed by atoms with Gasteiger partial charge in [-0.1, -0.05) is 19.1 Å². The van der Waals surface area contributed by atoms with Crippen LogP contribution in [0.1, 0.15) is 23.6 Å². The van der Waals surface area contributed by atoms with Crippen molar-refractivity contribution in [3.63, 3.8) is 0 Å². The van der Waals surface area contributed by atoms with Crippen molar-refractivity contribution in [3.05, 3.63) is 59.4 Å². The summed E-state index contributed by atoms with van der Waals surface area (Å²) in [5.41, 5.74) is 6.18. The van der Waals surface area contributed by atoms with E-state index in [4.69, 9.17) is 4.42 Å². The molecule has 1 aliphatic rings. The number of hydrogen-bond donors (Lipinski definition) is 1. The lowest BCUT2D eigenvalue weighted by molar-refractivity contribution is -0.115. The van der Waals surface area contributed by atoms with Crippen LogP contribution >= 0.6 is 0 Å². The number of furan rings is 1. The Morgan fingerprint density at radius 2 is 1.86 bits per heavy atom. The average Bonchev–Trinajstić information content (AvgIpc) is 3.10. The zero-order valence-corrected chi connectivity index (χ0v) is 17.5. The standard InChI is InChI=1S/C24H29N3O2/c1-4-26-9-11-27(12-10-26)22-8-6-20(14-18(22)3)25-24(28)15-19-16-29-23-13-17(2)5-7-21(19)23/h5-8,13-14,16H,4,9-12,15H2,1-3H3,(H,25,28). The fourth-order valence-corrected chi connectivity index (χ4v) is 4.10. The molecule has 2 aromatic carbocycles. The Bertz CT molecular complexity index is 1020. The first-order valence-corrected chi connectivity index (χ1v) is 10.4. The van der Waals surface area contributed by atoms with Crippen molar-refractivity contribution in [2.24, 2.45) is 0 Å². The lowest BCUT2D eigenvalue weighted by atomic mass is 10.1. The maximum Gasteiger partial charge on any atom is 0.228 e. The highest BCUT2D eigenvalue weighted by molar-refractivity contribution is 5.95. The molecule has 0 atom stereocenters. The van der Waals surface area contributed by atoms with Crippen molar-refractivity contribution < 1.29 is 9.21 Å². The number of piperazine rings is 1. The fraction of sp³-hybridized carbons (Fsp3) is 0.375. The van der Waals surface area contributed by atoms with Gasteiger partial charge in [-0.25, -0.2) is 0 Å². The minimum atomic E-state index is -0.0306. The van der Waals surface area contributed by atoms with Crippen molar-refractivity contribution in [1.29, 1.82) is 0 Å². The summed E-state index contributed by atoms with van der Waals surface area (Å²) in [5, 5.41) is 4.04. The molecule has 1 aliphatic heterocycles. The van der Waals surface area contributed by atoms with Crippen LogP contribution in [0, 0.1) is 13.8 Å². The normalized spacial score (nSPS) is 15.1. The van der Waals surface area contributed by atoms with Gasteiger partial charge in [0.2, 0.25) is 5.91 Å². The van der Waals surface area contributed by atoms with E-state index in [-0.39, 0.29) is 5.91 Å². The Morgan fingerprint density at radius 1 is 1.07 bits per heavy atom. The Kier molecular flexibility index (Phi) is 5.58. The van der Waals surface area contributed by atoms with E-state index in [0.29, 0.717) is 6.42 Å². The SMILES string of the molecule is CCN1CCN(c2ccc(NC(=O)Cc3coc4cc(C)ccc34)cc2C)CC1. The molecule has 0 bridgehead atoms. The highest BCUT2D eigenvalue weighted by atomic mass is 16.3. The van der Waals surface area contributed by atoms with E-state index in [1.807, 2.05) is 31.2 Å². The fourth-order valence-electron chi connectivity index (χ4n) is 4.10. The lowest BCUT2D eigenvalue weighted by Gasteiger charge is -2.36. The second-order valence-electron chi connectivity index (χ2n) is 7.91. The summed E-state index contributed by atoms with van der Waals surface area (Å²) in [6.07, 6.45) is 1.99. The van der Waals surface area contributed by atoms with Crippen LogP contribution in [-0.4, -0.2) is 43.5 Å². The predicted octanol–water partition coefficient (Wildman–Crippen LogP) is 4.37. The Balaban J connectivity index is 1.41. The largest absolute Gasteiger partial charge is 0.464 e. The molecule has 5 nitrogen and oxygen atoms in total. The van der Waals surface area contributed by atoms with E-state index in [2.05, 4.69) is 41.1 Å². The Hall–Kier alpha value is -2.79. The topological polar surface area (TPSA) is 48.7 Å². The van der Waals surface area contributed by atoms with Crippen molar-refractivity contribution in [3.8, 4) is 0 Å². The molecule has 152 valence electrons. The Labute approximate surface area is 172 Å². The van der Waals surface area contributed by atoms with Crippen LogP contribution in [-0.2, 0) is 11.2 Å². The number of likely N-dealkylation sites (N-methyl/N-ethyl adjacent to an activating group) is 1. The molecule has 5 heteroatoms. The smallest absolute Gasteiger partial charge is 0.228 e. The maximum atomic E-state index is 12.6. The third-order valence-electron chi connectivity index (χ3n) is 5.80. The first-order valence-electron chi connectivity index (χ1n) is 10.4. The molecule has 29 heavy (non-hydrogen) atoms. The van der Waals surface area contributed by atoms with Crippen molar-refractivity contribution in [2.45, 2.75) is 27.2 Å². The number of hydrogen-bond acceptors (Lipinski definition) is 4. The quantitative estimate of drug-likeness (QED) is 0.702. The number of anilines is 2. The number of benzene rings is 2. The molecular formula is C24H29N3O2. The molecule has 1 N–H and O–H groups in total. The van der Waals surface area contributed by atoms with Gasteiger partial charge in [-0.15, -0.1) is 0 Å². The molecule has 2 heterocycles. The highest BCUT2D eigenvalue weighted by Gasteiger charge is 2.18. The van der Waals surface area contributed by atoms with Gasteiger partial charge >= 0.3 is 0 Å². The van der Waals surface area contributed by atoms with Gasteiger partial charge in [-0.2, -0.15) is 0 Å². The minimum Gasteiger partial charge on any atom is -0.464 e. The van der Waals surface area contributed by atoms with Gasteiger partial charge in [0, 0.05) is 48.5 Å². The number of amides is 1. The molecule has 0 radical (unpaired) electrons. The molecular weight excluding hydrogens is 362 g/mol. The second-order valence-corrected chi connectivity index (χ2v) is 7.91. The molecule has 1 saturated heterocycles. The first kappa shape index (κ1) is 19.5. The van der Waals surface area contributed by atoms with Crippen LogP contribution < -0.4 is 10.2 Å². The Morgan fingerprint density at radius 3 is 2.59 bits per heavy atom. The number of fused-ring (bicyclic) bond motifs is 1. The van der Waals surface area contributed by atoms with E-state index >= 15 is 0 Å². The molecule has 0 aliphatic carbocycles. The minimum absolute atomic E-state index is 0.0306. The molecule has 1 fully saturated rings. The van der Waals surface area contributed by atoms with Crippen LogP contribution in [0.4, 0.5) is 11.4 Å². The third-order valence-corrected chi connectivity index (χ3v) is 5.80. The molecule has 1 amide bonds. The summed E-state index contributed by atoms with van der Waals surface area (Å²) >= 11 is 0. The predicted molar refractivity (Wildman–Crippen MR) is 119 cm³/mol. The van der Waals surface area contributed by atoms with Gasteiger partial charge in [0.1, 0.15) is 5.58 Å². The molecule has 0 saturated carbocycles. The highest BCUT2D eigenvalue weighted by Crippen LogP contribution is 2.26. The summed E-state index contributed by atoms with van der Waals surface area (Å²) in [4.78, 5) is 17.5. The zero-order chi connectivity index (χ0) is 20.4. The van der Waals surface area contributed by atoms with Gasteiger partial charge in [0.25, 0.3) is 0 Å². The third kappa shape index (κ3) is 4.30. The van der Waals surface area contributed by atoms with Gasteiger partial charge in [-0.3, -0.25) is 4.79 Å². The van der Waals surface area contributed by atoms with Crippen LogP contribution in [0.15, 0.2) is 47.1 Å².